The van der Waals surface area contributed by atoms with Crippen molar-refractivity contribution in [1.29, 1.82) is 0 Å². The summed E-state index contributed by atoms with van der Waals surface area (Å²) in [6.07, 6.45) is 0. The number of hydrogen-bond donors (Lipinski definition) is 2. The minimum Gasteiger partial charge on any atom is -0.339 e. The van der Waals surface area contributed by atoms with E-state index in [-0.39, 0.29) is 16.9 Å². The monoisotopic (exact) mass is 179 g/mol. The van der Waals surface area contributed by atoms with Gasteiger partial charge in [0.25, 0.3) is 11.8 Å². The predicted molar refractivity (Wildman–Crippen MR) is 41.5 cm³/mol. The highest BCUT2D eigenvalue weighted by molar-refractivity contribution is 6.22. The molecule has 0 aromatic heterocycles. The lowest BCUT2D eigenvalue weighted by Gasteiger charge is -1.99. The Balaban J connectivity index is 2.69. The summed E-state index contributed by atoms with van der Waals surface area (Å²) in [5.74, 6) is -1.04. The van der Waals surface area contributed by atoms with Crippen LogP contribution >= 0.6 is 0 Å². The Bertz CT molecular complexity index is 399. The van der Waals surface area contributed by atoms with E-state index in [1.54, 1.807) is 0 Å². The molecule has 66 valence electrons. The molecule has 2 rings (SSSR count). The van der Waals surface area contributed by atoms with E-state index >= 15 is 0 Å². The molecule has 0 bridgehead atoms. The normalized spacial score (nSPS) is 13.9. The van der Waals surface area contributed by atoms with E-state index in [4.69, 9.17) is 5.26 Å². The van der Waals surface area contributed by atoms with Crippen LogP contribution < -0.4 is 10.2 Å². The Morgan fingerprint density at radius 3 is 2.69 bits per heavy atom. The molecule has 0 unspecified atom stereocenters. The maximum Gasteiger partial charge on any atom is 0.262 e. The van der Waals surface area contributed by atoms with E-state index in [0.29, 0.717) is 0 Å². The summed E-state index contributed by atoms with van der Waals surface area (Å²) < 4.78 is 0. The molecule has 1 aromatic carbocycles. The molecule has 1 aliphatic heterocycles. The highest BCUT2D eigenvalue weighted by Gasteiger charge is 2.30. The number of rotatable bonds is 1. The van der Waals surface area contributed by atoms with E-state index < -0.39 is 11.8 Å². The molecular weight excluding hydrogens is 174 g/mol. The van der Waals surface area contributed by atoms with Gasteiger partial charge in [-0.1, -0.05) is 6.07 Å². The molecule has 0 spiro atoms. The fraction of sp³-hybridized carbons (Fsp3) is 0. The van der Waals surface area contributed by atoms with Crippen molar-refractivity contribution in [2.45, 2.75) is 0 Å². The van der Waals surface area contributed by atoms with Crippen LogP contribution in [0.3, 0.4) is 0 Å². The molecule has 1 heterocycles. The van der Waals surface area contributed by atoms with Crippen LogP contribution in [0.15, 0.2) is 18.2 Å². The maximum absolute atomic E-state index is 11.1. The van der Waals surface area contributed by atoms with E-state index in [9.17, 15) is 9.59 Å². The number of amides is 2. The van der Waals surface area contributed by atoms with Crippen LogP contribution in [-0.4, -0.2) is 17.1 Å². The van der Waals surface area contributed by atoms with Gasteiger partial charge in [0.15, 0.2) is 5.75 Å². The van der Waals surface area contributed by atoms with Gasteiger partial charge < -0.3 is 4.89 Å². The first-order valence-electron chi connectivity index (χ1n) is 3.54. The van der Waals surface area contributed by atoms with Crippen molar-refractivity contribution in [2.75, 3.05) is 0 Å². The number of fused-ring (bicyclic) bond motifs is 1. The van der Waals surface area contributed by atoms with Crippen molar-refractivity contribution in [3.8, 4) is 5.75 Å². The topological polar surface area (TPSA) is 75.6 Å². The van der Waals surface area contributed by atoms with Crippen LogP contribution in [0.5, 0.6) is 5.75 Å². The minimum absolute atomic E-state index is 0.0131. The van der Waals surface area contributed by atoms with Gasteiger partial charge >= 0.3 is 0 Å². The number of imide groups is 1. The van der Waals surface area contributed by atoms with Crippen molar-refractivity contribution in [3.05, 3.63) is 29.3 Å². The number of hydrogen-bond acceptors (Lipinski definition) is 4. The second-order valence-electron chi connectivity index (χ2n) is 2.55. The number of carbonyl (C=O) groups is 2. The first-order valence-corrected chi connectivity index (χ1v) is 3.54. The summed E-state index contributed by atoms with van der Waals surface area (Å²) in [6, 6.07) is 4.40. The van der Waals surface area contributed by atoms with Crippen LogP contribution in [0.4, 0.5) is 0 Å². The van der Waals surface area contributed by atoms with Crippen LogP contribution in [0.1, 0.15) is 20.7 Å². The standard InChI is InChI=1S/C8H5NO4/c10-7-4-2-1-3-5(13-12)6(4)8(11)9-7/h1-3,12H,(H,9,10,11). The molecule has 0 aliphatic carbocycles. The van der Waals surface area contributed by atoms with E-state index in [1.165, 1.54) is 18.2 Å². The van der Waals surface area contributed by atoms with E-state index in [2.05, 4.69) is 10.2 Å². The molecular formula is C8H5NO4. The quantitative estimate of drug-likeness (QED) is 0.372. The van der Waals surface area contributed by atoms with Gasteiger partial charge in [0.1, 0.15) is 0 Å². The second-order valence-corrected chi connectivity index (χ2v) is 2.55. The van der Waals surface area contributed by atoms with Crippen molar-refractivity contribution in [2.24, 2.45) is 0 Å². The molecule has 5 nitrogen and oxygen atoms in total. The van der Waals surface area contributed by atoms with Gasteiger partial charge in [0.2, 0.25) is 0 Å². The molecule has 0 radical (unpaired) electrons. The molecule has 13 heavy (non-hydrogen) atoms. The van der Waals surface area contributed by atoms with Gasteiger partial charge in [0, 0.05) is 0 Å². The van der Waals surface area contributed by atoms with Crippen molar-refractivity contribution in [1.82, 2.24) is 5.32 Å². The van der Waals surface area contributed by atoms with Crippen molar-refractivity contribution in [3.63, 3.8) is 0 Å². The van der Waals surface area contributed by atoms with Crippen LogP contribution in [0.25, 0.3) is 0 Å². The number of nitrogens with one attached hydrogen (secondary N) is 1. The third kappa shape index (κ3) is 0.978. The van der Waals surface area contributed by atoms with E-state index in [1.807, 2.05) is 0 Å². The molecule has 1 aromatic rings. The van der Waals surface area contributed by atoms with Gasteiger partial charge in [-0.25, -0.2) is 5.26 Å². The lowest BCUT2D eigenvalue weighted by atomic mass is 10.1. The zero-order valence-electron chi connectivity index (χ0n) is 6.40. The first kappa shape index (κ1) is 7.75. The van der Waals surface area contributed by atoms with Crippen LogP contribution in [0.2, 0.25) is 0 Å². The molecule has 5 heteroatoms. The first-order chi connectivity index (χ1) is 6.24. The summed E-state index contributed by atoms with van der Waals surface area (Å²) in [4.78, 5) is 26.2. The zero-order valence-corrected chi connectivity index (χ0v) is 6.40. The Morgan fingerprint density at radius 1 is 1.23 bits per heavy atom. The lowest BCUT2D eigenvalue weighted by Crippen LogP contribution is -2.20. The third-order valence-electron chi connectivity index (χ3n) is 1.82. The lowest BCUT2D eigenvalue weighted by molar-refractivity contribution is -0.137. The zero-order chi connectivity index (χ0) is 9.42. The fourth-order valence-electron chi connectivity index (χ4n) is 1.26. The van der Waals surface area contributed by atoms with E-state index in [0.717, 1.165) is 0 Å². The Morgan fingerprint density at radius 2 is 2.00 bits per heavy atom. The van der Waals surface area contributed by atoms with Crippen molar-refractivity contribution < 1.29 is 19.7 Å². The summed E-state index contributed by atoms with van der Waals surface area (Å²) in [5, 5.41) is 10.5. The predicted octanol–water partition coefficient (Wildman–Crippen LogP) is 0.422. The van der Waals surface area contributed by atoms with Crippen LogP contribution in [0, 0.1) is 0 Å². The van der Waals surface area contributed by atoms with Crippen molar-refractivity contribution >= 4 is 11.8 Å². The average molecular weight is 179 g/mol. The average Bonchev–Trinajstić information content (AvgIpc) is 2.43. The molecule has 1 aliphatic rings. The second kappa shape index (κ2) is 2.56. The van der Waals surface area contributed by atoms with Crippen LogP contribution in [-0.2, 0) is 0 Å². The SMILES string of the molecule is O=C1NC(=O)c2c(OO)cccc21. The Hall–Kier alpha value is -1.88. The molecule has 2 amide bonds. The number of benzene rings is 1. The third-order valence-corrected chi connectivity index (χ3v) is 1.82. The summed E-state index contributed by atoms with van der Waals surface area (Å²) in [7, 11) is 0. The van der Waals surface area contributed by atoms with Gasteiger partial charge in [-0.3, -0.25) is 14.9 Å². The molecule has 0 saturated heterocycles. The largest absolute Gasteiger partial charge is 0.339 e. The summed E-state index contributed by atoms with van der Waals surface area (Å²) in [6.45, 7) is 0. The van der Waals surface area contributed by atoms with Gasteiger partial charge in [-0.15, -0.1) is 0 Å². The Kier molecular flexibility index (Phi) is 1.53. The molecule has 0 fully saturated rings. The maximum atomic E-state index is 11.1. The highest BCUT2D eigenvalue weighted by atomic mass is 17.1. The fourth-order valence-corrected chi connectivity index (χ4v) is 1.26. The number of carbonyl (C=O) groups excluding carboxylic acids is 2. The smallest absolute Gasteiger partial charge is 0.262 e. The molecule has 0 saturated carbocycles. The summed E-state index contributed by atoms with van der Waals surface area (Å²) >= 11 is 0. The van der Waals surface area contributed by atoms with Gasteiger partial charge in [-0.2, -0.15) is 0 Å². The Labute approximate surface area is 72.9 Å². The summed E-state index contributed by atoms with van der Waals surface area (Å²) in [5.41, 5.74) is 0.298. The van der Waals surface area contributed by atoms with Gasteiger partial charge in [0.05, 0.1) is 11.1 Å². The minimum atomic E-state index is -0.551. The van der Waals surface area contributed by atoms with Gasteiger partial charge in [-0.05, 0) is 12.1 Å². The molecule has 0 atom stereocenters. The molecule has 2 N–H and O–H groups in total. The highest BCUT2D eigenvalue weighted by Crippen LogP contribution is 2.25.